The molecule has 1 unspecified atom stereocenters. The number of aromatic nitrogens is 2. The predicted octanol–water partition coefficient (Wildman–Crippen LogP) is 2.15. The summed E-state index contributed by atoms with van der Waals surface area (Å²) in [5, 5.41) is 11.9. The number of fused-ring (bicyclic) bond motifs is 1. The molecule has 0 bridgehead atoms. The average molecular weight is 345 g/mol. The fourth-order valence-corrected chi connectivity index (χ4v) is 3.07. The van der Waals surface area contributed by atoms with E-state index in [-0.39, 0.29) is 6.42 Å². The highest BCUT2D eigenvalue weighted by Crippen LogP contribution is 2.18. The van der Waals surface area contributed by atoms with E-state index in [2.05, 4.69) is 10.3 Å². The first-order valence-corrected chi connectivity index (χ1v) is 8.27. The van der Waals surface area contributed by atoms with Gasteiger partial charge in [-0.25, -0.2) is 14.2 Å². The Kier molecular flexibility index (Phi) is 4.83. The number of benzene rings is 1. The standard InChI is InChI=1S/C18H20FN3O3/c1-11-8-12(5-6-14(11)19)17(18(24)25)21-16(23)9-13-10-22-7-3-2-4-15(22)20-13/h5-6,8,10,17H,2-4,7,9H2,1H3,(H,21,23)(H,24,25). The van der Waals surface area contributed by atoms with Crippen LogP contribution in [0.25, 0.3) is 0 Å². The van der Waals surface area contributed by atoms with Crippen LogP contribution in [0.4, 0.5) is 4.39 Å². The first-order valence-electron chi connectivity index (χ1n) is 8.27. The van der Waals surface area contributed by atoms with Crippen LogP contribution >= 0.6 is 0 Å². The van der Waals surface area contributed by atoms with Gasteiger partial charge in [-0.1, -0.05) is 12.1 Å². The van der Waals surface area contributed by atoms with Gasteiger partial charge in [0.05, 0.1) is 12.1 Å². The fourth-order valence-electron chi connectivity index (χ4n) is 3.07. The van der Waals surface area contributed by atoms with Gasteiger partial charge in [0.25, 0.3) is 0 Å². The monoisotopic (exact) mass is 345 g/mol. The van der Waals surface area contributed by atoms with E-state index in [1.165, 1.54) is 18.2 Å². The molecule has 2 N–H and O–H groups in total. The largest absolute Gasteiger partial charge is 0.479 e. The minimum atomic E-state index is -1.22. The van der Waals surface area contributed by atoms with Gasteiger partial charge in [-0.15, -0.1) is 0 Å². The molecule has 2 heterocycles. The molecule has 0 saturated heterocycles. The van der Waals surface area contributed by atoms with Crippen LogP contribution in [0, 0.1) is 12.7 Å². The van der Waals surface area contributed by atoms with Crippen molar-refractivity contribution in [1.82, 2.24) is 14.9 Å². The Morgan fingerprint density at radius 3 is 2.88 bits per heavy atom. The number of rotatable bonds is 5. The number of imidazole rings is 1. The normalized spacial score (nSPS) is 14.6. The van der Waals surface area contributed by atoms with Gasteiger partial charge < -0.3 is 15.0 Å². The van der Waals surface area contributed by atoms with Crippen molar-refractivity contribution in [3.8, 4) is 0 Å². The number of carbonyl (C=O) groups excluding carboxylic acids is 1. The lowest BCUT2D eigenvalue weighted by Gasteiger charge is -2.15. The Morgan fingerprint density at radius 2 is 2.20 bits per heavy atom. The number of carboxylic acids is 1. The van der Waals surface area contributed by atoms with Gasteiger partial charge in [0, 0.05) is 19.2 Å². The van der Waals surface area contributed by atoms with Crippen molar-refractivity contribution in [3.05, 3.63) is 52.9 Å². The van der Waals surface area contributed by atoms with Crippen LogP contribution in [0.1, 0.15) is 41.5 Å². The molecule has 1 aliphatic heterocycles. The lowest BCUT2D eigenvalue weighted by atomic mass is 10.0. The molecule has 7 heteroatoms. The number of nitrogens with zero attached hydrogens (tertiary/aromatic N) is 2. The summed E-state index contributed by atoms with van der Waals surface area (Å²) in [6.45, 7) is 2.45. The number of carboxylic acid groups (broad SMARTS) is 1. The molecule has 2 aromatic rings. The highest BCUT2D eigenvalue weighted by atomic mass is 19.1. The summed E-state index contributed by atoms with van der Waals surface area (Å²) < 4.78 is 15.4. The molecule has 0 aliphatic carbocycles. The predicted molar refractivity (Wildman–Crippen MR) is 88.5 cm³/mol. The Hall–Kier alpha value is -2.70. The van der Waals surface area contributed by atoms with Crippen molar-refractivity contribution in [1.29, 1.82) is 0 Å². The van der Waals surface area contributed by atoms with Crippen LogP contribution in [0.2, 0.25) is 0 Å². The molecule has 1 aliphatic rings. The van der Waals surface area contributed by atoms with Crippen molar-refractivity contribution < 1.29 is 19.1 Å². The molecule has 132 valence electrons. The Bertz CT molecular complexity index is 792. The summed E-state index contributed by atoms with van der Waals surface area (Å²) in [5.41, 5.74) is 1.30. The van der Waals surface area contributed by atoms with Crippen molar-refractivity contribution in [2.24, 2.45) is 0 Å². The van der Waals surface area contributed by atoms with Crippen molar-refractivity contribution >= 4 is 11.9 Å². The van der Waals surface area contributed by atoms with E-state index < -0.39 is 23.7 Å². The van der Waals surface area contributed by atoms with Gasteiger partial charge in [-0.2, -0.15) is 0 Å². The number of carbonyl (C=O) groups is 2. The van der Waals surface area contributed by atoms with Gasteiger partial charge in [0.2, 0.25) is 5.91 Å². The van der Waals surface area contributed by atoms with E-state index in [1.807, 2.05) is 10.8 Å². The maximum Gasteiger partial charge on any atom is 0.330 e. The Labute approximate surface area is 144 Å². The van der Waals surface area contributed by atoms with Gasteiger partial charge >= 0.3 is 5.97 Å². The molecule has 25 heavy (non-hydrogen) atoms. The Morgan fingerprint density at radius 1 is 1.40 bits per heavy atom. The smallest absolute Gasteiger partial charge is 0.330 e. The van der Waals surface area contributed by atoms with E-state index in [0.717, 1.165) is 31.6 Å². The van der Waals surface area contributed by atoms with Gasteiger partial charge in [0.1, 0.15) is 11.6 Å². The molecule has 1 atom stereocenters. The van der Waals surface area contributed by atoms with Crippen LogP contribution in [0.5, 0.6) is 0 Å². The summed E-state index contributed by atoms with van der Waals surface area (Å²) in [4.78, 5) is 28.2. The zero-order chi connectivity index (χ0) is 18.0. The second kappa shape index (κ2) is 7.04. The van der Waals surface area contributed by atoms with Crippen LogP contribution in [-0.4, -0.2) is 26.5 Å². The maximum absolute atomic E-state index is 13.4. The van der Waals surface area contributed by atoms with E-state index in [4.69, 9.17) is 0 Å². The molecule has 0 radical (unpaired) electrons. The van der Waals surface area contributed by atoms with Crippen LogP contribution in [-0.2, 0) is 29.0 Å². The van der Waals surface area contributed by atoms with Gasteiger partial charge in [-0.05, 0) is 37.0 Å². The number of aryl methyl sites for hydroxylation is 3. The minimum Gasteiger partial charge on any atom is -0.479 e. The molecule has 1 aromatic carbocycles. The molecule has 6 nitrogen and oxygen atoms in total. The summed E-state index contributed by atoms with van der Waals surface area (Å²) >= 11 is 0. The van der Waals surface area contributed by atoms with Gasteiger partial charge in [0.15, 0.2) is 6.04 Å². The summed E-state index contributed by atoms with van der Waals surface area (Å²) in [6.07, 6.45) is 4.96. The SMILES string of the molecule is Cc1cc(C(NC(=O)Cc2cn3c(n2)CCCC3)C(=O)O)ccc1F. The van der Waals surface area contributed by atoms with E-state index in [1.54, 1.807) is 6.92 Å². The first kappa shape index (κ1) is 17.1. The fraction of sp³-hybridized carbons (Fsp3) is 0.389. The number of amides is 1. The summed E-state index contributed by atoms with van der Waals surface area (Å²) in [5.74, 6) is -1.06. The minimum absolute atomic E-state index is 0.0178. The number of halogens is 1. The first-order chi connectivity index (χ1) is 11.9. The number of nitrogens with one attached hydrogen (secondary N) is 1. The molecule has 0 spiro atoms. The number of hydrogen-bond acceptors (Lipinski definition) is 3. The second-order valence-electron chi connectivity index (χ2n) is 6.32. The molecule has 1 amide bonds. The van der Waals surface area contributed by atoms with Crippen LogP contribution < -0.4 is 5.32 Å². The van der Waals surface area contributed by atoms with Crippen molar-refractivity contribution in [2.45, 2.75) is 45.2 Å². The highest BCUT2D eigenvalue weighted by Gasteiger charge is 2.23. The van der Waals surface area contributed by atoms with Gasteiger partial charge in [-0.3, -0.25) is 4.79 Å². The zero-order valence-corrected chi connectivity index (χ0v) is 14.0. The molecular formula is C18H20FN3O3. The third-order valence-electron chi connectivity index (χ3n) is 4.37. The quantitative estimate of drug-likeness (QED) is 0.870. The lowest BCUT2D eigenvalue weighted by Crippen LogP contribution is -2.34. The van der Waals surface area contributed by atoms with E-state index in [0.29, 0.717) is 16.8 Å². The summed E-state index contributed by atoms with van der Waals surface area (Å²) in [6, 6.07) is 2.79. The van der Waals surface area contributed by atoms with E-state index >= 15 is 0 Å². The number of hydrogen-bond donors (Lipinski definition) is 2. The maximum atomic E-state index is 13.4. The highest BCUT2D eigenvalue weighted by molar-refractivity contribution is 5.85. The van der Waals surface area contributed by atoms with Crippen LogP contribution in [0.15, 0.2) is 24.4 Å². The molecule has 3 rings (SSSR count). The second-order valence-corrected chi connectivity index (χ2v) is 6.32. The van der Waals surface area contributed by atoms with Crippen LogP contribution in [0.3, 0.4) is 0 Å². The van der Waals surface area contributed by atoms with Crippen molar-refractivity contribution in [2.75, 3.05) is 0 Å². The average Bonchev–Trinajstić information content (AvgIpc) is 2.97. The molecule has 1 aromatic heterocycles. The summed E-state index contributed by atoms with van der Waals surface area (Å²) in [7, 11) is 0. The third-order valence-corrected chi connectivity index (χ3v) is 4.37. The third kappa shape index (κ3) is 3.87. The van der Waals surface area contributed by atoms with Crippen molar-refractivity contribution in [3.63, 3.8) is 0 Å². The molecule has 0 fully saturated rings. The number of aliphatic carboxylic acids is 1. The zero-order valence-electron chi connectivity index (χ0n) is 14.0. The van der Waals surface area contributed by atoms with E-state index in [9.17, 15) is 19.1 Å². The Balaban J connectivity index is 1.71. The molecular weight excluding hydrogens is 325 g/mol. The molecule has 0 saturated carbocycles. The topological polar surface area (TPSA) is 84.2 Å². The lowest BCUT2D eigenvalue weighted by molar-refractivity contribution is -0.142.